The van der Waals surface area contributed by atoms with Crippen molar-refractivity contribution >= 4 is 50.7 Å². The molecular formula is C15H14Cl3N5O3S. The van der Waals surface area contributed by atoms with E-state index in [0.717, 1.165) is 0 Å². The second-order valence-corrected chi connectivity index (χ2v) is 9.51. The Morgan fingerprint density at radius 2 is 1.70 bits per heavy atom. The zero-order valence-corrected chi connectivity index (χ0v) is 16.9. The number of carbonyl (C=O) groups excluding carboxylic acids is 1. The van der Waals surface area contributed by atoms with Crippen molar-refractivity contribution in [2.45, 2.75) is 29.8 Å². The number of hydrogen-bond acceptors (Lipinski definition) is 5. The predicted octanol–water partition coefficient (Wildman–Crippen LogP) is 2.44. The Hall–Kier alpha value is -1.39. The number of halogens is 3. The van der Waals surface area contributed by atoms with Crippen LogP contribution < -0.4 is 0 Å². The van der Waals surface area contributed by atoms with Crippen molar-refractivity contribution in [3.63, 3.8) is 0 Å². The summed E-state index contributed by atoms with van der Waals surface area (Å²) in [5, 5.41) is 10.1. The summed E-state index contributed by atoms with van der Waals surface area (Å²) in [6, 6.07) is 2.00. The molecule has 2 aliphatic heterocycles. The van der Waals surface area contributed by atoms with Crippen LogP contribution in [-0.2, 0) is 10.0 Å². The molecule has 0 spiro atoms. The summed E-state index contributed by atoms with van der Waals surface area (Å²) in [4.78, 5) is 14.0. The Morgan fingerprint density at radius 3 is 2.22 bits per heavy atom. The Morgan fingerprint density at radius 1 is 1.11 bits per heavy atom. The molecule has 0 radical (unpaired) electrons. The molecule has 2 bridgehead atoms. The van der Waals surface area contributed by atoms with E-state index in [9.17, 15) is 13.2 Å². The van der Waals surface area contributed by atoms with Crippen molar-refractivity contribution < 1.29 is 13.2 Å². The van der Waals surface area contributed by atoms with Gasteiger partial charge >= 0.3 is 0 Å². The molecule has 2 aromatic rings. The van der Waals surface area contributed by atoms with Gasteiger partial charge in [-0.05, 0) is 25.0 Å². The smallest absolute Gasteiger partial charge is 0.276 e. The monoisotopic (exact) mass is 449 g/mol. The van der Waals surface area contributed by atoms with Crippen LogP contribution in [0.2, 0.25) is 15.1 Å². The number of aromatic amines is 1. The standard InChI is InChI=1S/C15H14Cl3N5O3S/c16-8-3-11(17)14(12(18)4-8)27(25,26)23-9-1-2-10(23)7-22(6-9)15(24)13-5-19-21-20-13/h3-5,9-10H,1-2,6-7H2,(H,19,20,21). The van der Waals surface area contributed by atoms with Crippen LogP contribution in [-0.4, -0.2) is 64.1 Å². The number of aromatic nitrogens is 3. The average Bonchev–Trinajstić information content (AvgIpc) is 3.20. The molecule has 2 unspecified atom stereocenters. The van der Waals surface area contributed by atoms with Crippen LogP contribution in [0, 0.1) is 0 Å². The van der Waals surface area contributed by atoms with E-state index in [-0.39, 0.29) is 56.7 Å². The first-order chi connectivity index (χ1) is 12.8. The largest absolute Gasteiger partial charge is 0.334 e. The lowest BCUT2D eigenvalue weighted by molar-refractivity contribution is 0.0609. The van der Waals surface area contributed by atoms with E-state index < -0.39 is 10.0 Å². The maximum atomic E-state index is 13.3. The highest BCUT2D eigenvalue weighted by Gasteiger charge is 2.49. The number of nitrogens with zero attached hydrogens (tertiary/aromatic N) is 4. The van der Waals surface area contributed by atoms with E-state index in [1.807, 2.05) is 0 Å². The van der Waals surface area contributed by atoms with Crippen molar-refractivity contribution in [3.05, 3.63) is 39.1 Å². The fourth-order valence-corrected chi connectivity index (χ4v) is 7.12. The molecule has 1 N–H and O–H groups in total. The van der Waals surface area contributed by atoms with E-state index in [4.69, 9.17) is 34.8 Å². The summed E-state index contributed by atoms with van der Waals surface area (Å²) in [7, 11) is -3.94. The van der Waals surface area contributed by atoms with Crippen LogP contribution in [0.1, 0.15) is 23.3 Å². The molecular weight excluding hydrogens is 437 g/mol. The minimum Gasteiger partial charge on any atom is -0.334 e. The van der Waals surface area contributed by atoms with Gasteiger partial charge in [0.1, 0.15) is 4.90 Å². The SMILES string of the molecule is O=C(c1cn[nH]n1)N1CC2CCC(C1)N2S(=O)(=O)c1c(Cl)cc(Cl)cc1Cl. The molecule has 2 fully saturated rings. The van der Waals surface area contributed by atoms with Gasteiger partial charge in [0.25, 0.3) is 5.91 Å². The van der Waals surface area contributed by atoms with Gasteiger partial charge in [0.2, 0.25) is 10.0 Å². The van der Waals surface area contributed by atoms with Crippen molar-refractivity contribution in [2.24, 2.45) is 0 Å². The molecule has 1 aromatic carbocycles. The van der Waals surface area contributed by atoms with Gasteiger partial charge in [0.15, 0.2) is 5.69 Å². The third-order valence-electron chi connectivity index (χ3n) is 4.84. The molecule has 4 rings (SSSR count). The molecule has 2 aliphatic rings. The Labute approximate surface area is 170 Å². The van der Waals surface area contributed by atoms with E-state index in [1.54, 1.807) is 4.90 Å². The Bertz CT molecular complexity index is 961. The van der Waals surface area contributed by atoms with Crippen molar-refractivity contribution in [1.82, 2.24) is 24.6 Å². The number of hydrogen-bond donors (Lipinski definition) is 1. The molecule has 27 heavy (non-hydrogen) atoms. The number of rotatable bonds is 3. The number of likely N-dealkylation sites (tertiary alicyclic amines) is 1. The lowest BCUT2D eigenvalue weighted by Crippen LogP contribution is -2.57. The summed E-state index contributed by atoms with van der Waals surface area (Å²) in [5.41, 5.74) is 0.203. The number of H-pyrrole nitrogens is 1. The van der Waals surface area contributed by atoms with Gasteiger partial charge in [-0.1, -0.05) is 34.8 Å². The summed E-state index contributed by atoms with van der Waals surface area (Å²) >= 11 is 18.2. The quantitative estimate of drug-likeness (QED) is 0.774. The Balaban J connectivity index is 1.64. The minimum atomic E-state index is -3.94. The first-order valence-electron chi connectivity index (χ1n) is 8.12. The number of piperazine rings is 1. The molecule has 0 saturated carbocycles. The normalized spacial score (nSPS) is 23.0. The zero-order valence-electron chi connectivity index (χ0n) is 13.8. The van der Waals surface area contributed by atoms with E-state index in [1.165, 1.54) is 22.6 Å². The zero-order chi connectivity index (χ0) is 19.3. The van der Waals surface area contributed by atoms with Gasteiger partial charge in [-0.15, -0.1) is 0 Å². The first kappa shape index (κ1) is 18.9. The van der Waals surface area contributed by atoms with Crippen LogP contribution in [0.5, 0.6) is 0 Å². The minimum absolute atomic E-state index is 0.0204. The summed E-state index contributed by atoms with van der Waals surface area (Å²) in [6.45, 7) is 0.536. The predicted molar refractivity (Wildman–Crippen MR) is 99.6 cm³/mol. The molecule has 144 valence electrons. The topological polar surface area (TPSA) is 99.3 Å². The highest BCUT2D eigenvalue weighted by Crippen LogP contribution is 2.40. The summed E-state index contributed by atoms with van der Waals surface area (Å²) in [5.74, 6) is -0.278. The number of carbonyl (C=O) groups is 1. The molecule has 1 amide bonds. The fourth-order valence-electron chi connectivity index (χ4n) is 3.77. The number of fused-ring (bicyclic) bond motifs is 2. The van der Waals surface area contributed by atoms with Crippen LogP contribution in [0.15, 0.2) is 23.2 Å². The van der Waals surface area contributed by atoms with E-state index in [0.29, 0.717) is 12.8 Å². The van der Waals surface area contributed by atoms with E-state index >= 15 is 0 Å². The maximum Gasteiger partial charge on any atom is 0.276 e. The molecule has 8 nitrogen and oxygen atoms in total. The first-order valence-corrected chi connectivity index (χ1v) is 10.7. The highest BCUT2D eigenvalue weighted by atomic mass is 35.5. The Kier molecular flexibility index (Phi) is 4.84. The lowest BCUT2D eigenvalue weighted by Gasteiger charge is -2.40. The fraction of sp³-hybridized carbons (Fsp3) is 0.400. The van der Waals surface area contributed by atoms with Gasteiger partial charge in [-0.3, -0.25) is 4.79 Å². The molecule has 1 aromatic heterocycles. The van der Waals surface area contributed by atoms with Gasteiger partial charge in [0, 0.05) is 30.2 Å². The van der Waals surface area contributed by atoms with Gasteiger partial charge in [-0.2, -0.15) is 19.7 Å². The van der Waals surface area contributed by atoms with Gasteiger partial charge in [0.05, 0.1) is 16.2 Å². The maximum absolute atomic E-state index is 13.3. The third-order valence-corrected chi connectivity index (χ3v) is 7.98. The summed E-state index contributed by atoms with van der Waals surface area (Å²) < 4.78 is 28.0. The molecule has 12 heteroatoms. The molecule has 2 atom stereocenters. The van der Waals surface area contributed by atoms with Crippen molar-refractivity contribution in [3.8, 4) is 0 Å². The third kappa shape index (κ3) is 3.21. The lowest BCUT2D eigenvalue weighted by atomic mass is 10.2. The highest BCUT2D eigenvalue weighted by molar-refractivity contribution is 7.89. The van der Waals surface area contributed by atoms with Crippen molar-refractivity contribution in [1.29, 1.82) is 0 Å². The second kappa shape index (κ2) is 6.89. The second-order valence-electron chi connectivity index (χ2n) is 6.48. The van der Waals surface area contributed by atoms with Gasteiger partial charge in [-0.25, -0.2) is 8.42 Å². The van der Waals surface area contributed by atoms with Crippen LogP contribution in [0.3, 0.4) is 0 Å². The van der Waals surface area contributed by atoms with Crippen LogP contribution in [0.4, 0.5) is 0 Å². The summed E-state index contributed by atoms with van der Waals surface area (Å²) in [6.07, 6.45) is 2.64. The number of benzene rings is 1. The number of nitrogens with one attached hydrogen (secondary N) is 1. The molecule has 3 heterocycles. The van der Waals surface area contributed by atoms with E-state index in [2.05, 4.69) is 15.4 Å². The van der Waals surface area contributed by atoms with Crippen LogP contribution in [0.25, 0.3) is 0 Å². The number of amides is 1. The number of sulfonamides is 1. The van der Waals surface area contributed by atoms with Crippen LogP contribution >= 0.6 is 34.8 Å². The molecule has 2 saturated heterocycles. The van der Waals surface area contributed by atoms with Crippen molar-refractivity contribution in [2.75, 3.05) is 13.1 Å². The van der Waals surface area contributed by atoms with Gasteiger partial charge < -0.3 is 4.90 Å². The molecule has 0 aliphatic carbocycles. The average molecular weight is 451 g/mol.